The third-order valence-corrected chi connectivity index (χ3v) is 7.16. The van der Waals surface area contributed by atoms with Crippen LogP contribution in [0.3, 0.4) is 0 Å². The maximum atomic E-state index is 13.1. The average molecular weight is 412 g/mol. The molecule has 153 valence electrons. The summed E-state index contributed by atoms with van der Waals surface area (Å²) < 4.78 is 0. The van der Waals surface area contributed by atoms with Crippen molar-refractivity contribution < 1.29 is 9.59 Å². The van der Waals surface area contributed by atoms with Crippen molar-refractivity contribution >= 4 is 23.2 Å². The smallest absolute Gasteiger partial charge is 0.249 e. The lowest BCUT2D eigenvalue weighted by atomic mass is 9.77. The summed E-state index contributed by atoms with van der Waals surface area (Å²) in [4.78, 5) is 34.1. The van der Waals surface area contributed by atoms with Crippen molar-refractivity contribution in [3.05, 3.63) is 58.4 Å². The van der Waals surface area contributed by atoms with Gasteiger partial charge in [-0.3, -0.25) is 14.6 Å². The molecule has 4 rings (SSSR count). The number of nitrogens with two attached hydrogens (primary N) is 1. The number of likely N-dealkylation sites (tertiary alicyclic amines) is 2. The fourth-order valence-corrected chi connectivity index (χ4v) is 5.35. The van der Waals surface area contributed by atoms with E-state index in [0.717, 1.165) is 62.3 Å². The Labute approximate surface area is 175 Å². The van der Waals surface area contributed by atoms with E-state index in [9.17, 15) is 9.59 Å². The predicted octanol–water partition coefficient (Wildman–Crippen LogP) is 2.70. The topological polar surface area (TPSA) is 79.5 Å². The summed E-state index contributed by atoms with van der Waals surface area (Å²) >= 11 is 1.55. The fraction of sp³-hybridized carbons (Fsp3) is 0.455. The Morgan fingerprint density at radius 2 is 2.03 bits per heavy atom. The molecule has 2 aliphatic rings. The third-order valence-electron chi connectivity index (χ3n) is 6.25. The summed E-state index contributed by atoms with van der Waals surface area (Å²) in [5, 5.41) is 1.90. The van der Waals surface area contributed by atoms with Crippen LogP contribution in [-0.2, 0) is 11.3 Å². The maximum Gasteiger partial charge on any atom is 0.249 e. The number of carbonyl (C=O) groups is 2. The van der Waals surface area contributed by atoms with Crippen LogP contribution in [0.2, 0.25) is 0 Å². The first-order valence-electron chi connectivity index (χ1n) is 10.2. The van der Waals surface area contributed by atoms with Crippen LogP contribution in [0.4, 0.5) is 0 Å². The quantitative estimate of drug-likeness (QED) is 0.760. The van der Waals surface area contributed by atoms with E-state index in [-0.39, 0.29) is 11.3 Å². The van der Waals surface area contributed by atoms with E-state index >= 15 is 0 Å². The Hall–Kier alpha value is -2.25. The summed E-state index contributed by atoms with van der Waals surface area (Å²) in [6, 6.07) is 5.73. The summed E-state index contributed by atoms with van der Waals surface area (Å²) in [5.74, 6) is -0.0507. The largest absolute Gasteiger partial charge is 0.366 e. The Morgan fingerprint density at radius 3 is 2.76 bits per heavy atom. The van der Waals surface area contributed by atoms with Crippen LogP contribution in [-0.4, -0.2) is 52.8 Å². The first kappa shape index (κ1) is 20.0. The summed E-state index contributed by atoms with van der Waals surface area (Å²) in [7, 11) is 0. The Morgan fingerprint density at radius 1 is 1.24 bits per heavy atom. The molecule has 0 atom stereocenters. The number of amides is 2. The van der Waals surface area contributed by atoms with E-state index < -0.39 is 0 Å². The van der Waals surface area contributed by atoms with Crippen LogP contribution in [0.5, 0.6) is 0 Å². The minimum absolute atomic E-state index is 0.171. The minimum Gasteiger partial charge on any atom is -0.366 e. The number of aromatic nitrogens is 1. The van der Waals surface area contributed by atoms with E-state index in [1.54, 1.807) is 23.6 Å². The third kappa shape index (κ3) is 4.36. The molecule has 0 aliphatic carbocycles. The van der Waals surface area contributed by atoms with Gasteiger partial charge in [0.25, 0.3) is 0 Å². The number of thiophene rings is 1. The van der Waals surface area contributed by atoms with Gasteiger partial charge < -0.3 is 15.5 Å². The van der Waals surface area contributed by atoms with Gasteiger partial charge in [-0.05, 0) is 68.4 Å². The van der Waals surface area contributed by atoms with Crippen molar-refractivity contribution in [1.29, 1.82) is 0 Å². The number of nitrogens with zero attached hydrogens (tertiary/aromatic N) is 3. The molecule has 2 aliphatic heterocycles. The zero-order chi connectivity index (χ0) is 20.3. The fourth-order valence-electron chi connectivity index (χ4n) is 4.49. The van der Waals surface area contributed by atoms with Crippen molar-refractivity contribution in [2.45, 2.75) is 32.2 Å². The number of rotatable bonds is 7. The minimum atomic E-state index is -0.368. The molecule has 2 saturated heterocycles. The molecule has 1 radical (unpaired) electrons. The van der Waals surface area contributed by atoms with E-state index in [2.05, 4.69) is 16.3 Å². The number of piperidine rings is 1. The van der Waals surface area contributed by atoms with Crippen LogP contribution in [0, 0.1) is 11.8 Å². The van der Waals surface area contributed by atoms with Gasteiger partial charge in [-0.2, -0.15) is 0 Å². The highest BCUT2D eigenvalue weighted by Gasteiger charge is 2.47. The van der Waals surface area contributed by atoms with Gasteiger partial charge in [0.2, 0.25) is 11.8 Å². The van der Waals surface area contributed by atoms with Crippen molar-refractivity contribution in [2.24, 2.45) is 11.1 Å². The number of hydrogen-bond acceptors (Lipinski definition) is 5. The van der Waals surface area contributed by atoms with Crippen LogP contribution in [0.1, 0.15) is 46.5 Å². The van der Waals surface area contributed by atoms with Crippen LogP contribution >= 0.6 is 11.3 Å². The summed E-state index contributed by atoms with van der Waals surface area (Å²) in [6.45, 7) is 4.35. The Bertz CT molecular complexity index is 859. The second-order valence-electron chi connectivity index (χ2n) is 8.02. The zero-order valence-corrected chi connectivity index (χ0v) is 17.4. The van der Waals surface area contributed by atoms with Gasteiger partial charge in [0.1, 0.15) is 0 Å². The Balaban J connectivity index is 1.25. The molecule has 4 heterocycles. The normalized spacial score (nSPS) is 19.2. The SMILES string of the molecule is NC(=O)c1ccsc1[CH]CCN1CCC2(CC1)CCN(Cc1cccnc1)C2=O. The maximum absolute atomic E-state index is 13.1. The van der Waals surface area contributed by atoms with E-state index in [0.29, 0.717) is 18.0 Å². The number of carbonyl (C=O) groups excluding carboxylic acids is 2. The lowest BCUT2D eigenvalue weighted by molar-refractivity contribution is -0.138. The van der Waals surface area contributed by atoms with E-state index in [1.165, 1.54) is 0 Å². The number of pyridine rings is 1. The monoisotopic (exact) mass is 411 g/mol. The highest BCUT2D eigenvalue weighted by molar-refractivity contribution is 7.10. The summed E-state index contributed by atoms with van der Waals surface area (Å²) in [5.41, 5.74) is 6.94. The van der Waals surface area contributed by atoms with Gasteiger partial charge in [-0.25, -0.2) is 0 Å². The number of hydrogen-bond donors (Lipinski definition) is 1. The molecule has 2 aromatic rings. The molecule has 2 N–H and O–H groups in total. The van der Waals surface area contributed by atoms with Crippen LogP contribution in [0.15, 0.2) is 36.0 Å². The predicted molar refractivity (Wildman–Crippen MR) is 113 cm³/mol. The van der Waals surface area contributed by atoms with E-state index in [1.807, 2.05) is 28.6 Å². The second-order valence-corrected chi connectivity index (χ2v) is 8.96. The van der Waals surface area contributed by atoms with Gasteiger partial charge >= 0.3 is 0 Å². The number of primary amides is 1. The lowest BCUT2D eigenvalue weighted by Crippen LogP contribution is -2.44. The molecule has 2 amide bonds. The lowest BCUT2D eigenvalue weighted by Gasteiger charge is -2.38. The first-order valence-corrected chi connectivity index (χ1v) is 11.1. The molecule has 29 heavy (non-hydrogen) atoms. The summed E-state index contributed by atoms with van der Waals surface area (Å²) in [6.07, 6.45) is 9.41. The molecule has 2 aromatic heterocycles. The van der Waals surface area contributed by atoms with Crippen molar-refractivity contribution in [2.75, 3.05) is 26.2 Å². The first-order chi connectivity index (χ1) is 14.1. The Kier molecular flexibility index (Phi) is 5.96. The van der Waals surface area contributed by atoms with Crippen LogP contribution < -0.4 is 5.73 Å². The average Bonchev–Trinajstić information content (AvgIpc) is 3.31. The molecule has 2 fully saturated rings. The molecule has 7 heteroatoms. The van der Waals surface area contributed by atoms with Gasteiger partial charge in [-0.15, -0.1) is 11.3 Å². The van der Waals surface area contributed by atoms with Crippen molar-refractivity contribution in [3.8, 4) is 0 Å². The molecule has 0 bridgehead atoms. The van der Waals surface area contributed by atoms with Crippen molar-refractivity contribution in [3.63, 3.8) is 0 Å². The molecule has 6 nitrogen and oxygen atoms in total. The zero-order valence-electron chi connectivity index (χ0n) is 16.5. The van der Waals surface area contributed by atoms with Gasteiger partial charge in [0.05, 0.1) is 11.0 Å². The second kappa shape index (κ2) is 8.63. The molecular formula is C22H27N4O2S. The van der Waals surface area contributed by atoms with Gasteiger partial charge in [0.15, 0.2) is 0 Å². The highest BCUT2D eigenvalue weighted by Crippen LogP contribution is 2.42. The standard InChI is InChI=1S/C22H27N4O2S/c23-20(27)18-5-14-29-19(18)4-2-10-25-11-6-22(7-12-25)8-13-26(21(22)28)16-17-3-1-9-24-15-17/h1,3-5,9,14-15H,2,6-8,10-13,16H2,(H2,23,27). The molecule has 0 unspecified atom stereocenters. The molecule has 1 spiro atoms. The van der Waals surface area contributed by atoms with Crippen molar-refractivity contribution in [1.82, 2.24) is 14.8 Å². The molecular weight excluding hydrogens is 384 g/mol. The van der Waals surface area contributed by atoms with Gasteiger partial charge in [0, 0.05) is 36.8 Å². The van der Waals surface area contributed by atoms with Crippen LogP contribution in [0.25, 0.3) is 0 Å². The van der Waals surface area contributed by atoms with Gasteiger partial charge in [-0.1, -0.05) is 6.07 Å². The highest BCUT2D eigenvalue weighted by atomic mass is 32.1. The molecule has 0 saturated carbocycles. The van der Waals surface area contributed by atoms with E-state index in [4.69, 9.17) is 5.73 Å². The molecule has 0 aromatic carbocycles.